The van der Waals surface area contributed by atoms with Crippen LogP contribution >= 0.6 is 0 Å². The van der Waals surface area contributed by atoms with Crippen LogP contribution in [0.1, 0.15) is 138 Å². The maximum atomic E-state index is 14.4. The highest BCUT2D eigenvalue weighted by molar-refractivity contribution is 5.99. The van der Waals surface area contributed by atoms with Crippen LogP contribution in [0.3, 0.4) is 0 Å². The number of carbonyl (C=O) groups is 12. The van der Waals surface area contributed by atoms with Gasteiger partial charge in [0.05, 0.1) is 12.6 Å². The van der Waals surface area contributed by atoms with E-state index in [1.165, 1.54) is 32.6 Å². The number of nitrogens with zero attached hydrogens (tertiary/aromatic N) is 2. The van der Waals surface area contributed by atoms with Gasteiger partial charge >= 0.3 is 5.97 Å². The molecule has 85 heavy (non-hydrogen) atoms. The molecule has 1 rings (SSSR count). The largest absolute Gasteiger partial charge is 0.480 e. The first-order valence-electron chi connectivity index (χ1n) is 29.1. The van der Waals surface area contributed by atoms with Crippen molar-refractivity contribution in [2.24, 2.45) is 57.0 Å². The number of likely N-dealkylation sites (tertiary alicyclic amines) is 1. The molecule has 11 atom stereocenters. The summed E-state index contributed by atoms with van der Waals surface area (Å²) in [5.74, 6) is -11.6. The Labute approximate surface area is 496 Å². The number of aliphatic hydroxyl groups excluding tert-OH is 1. The quantitative estimate of drug-likeness (QED) is 0.0154. The third-order valence-corrected chi connectivity index (χ3v) is 13.9. The van der Waals surface area contributed by atoms with E-state index in [1.54, 1.807) is 13.8 Å². The second-order valence-corrected chi connectivity index (χ2v) is 21.9. The number of aliphatic carboxylic acids is 1. The number of amides is 11. The number of hydrogen-bond donors (Lipinski definition) is 18. The van der Waals surface area contributed by atoms with Gasteiger partial charge in [-0.25, -0.2) is 4.79 Å². The molecule has 0 aromatic carbocycles. The third-order valence-electron chi connectivity index (χ3n) is 13.9. The predicted octanol–water partition coefficient (Wildman–Crippen LogP) is -6.20. The molecule has 0 bridgehead atoms. The molecule has 484 valence electrons. The number of unbranched alkanes of at least 4 members (excludes halogenated alkanes) is 3. The second-order valence-electron chi connectivity index (χ2n) is 21.9. The van der Waals surface area contributed by atoms with Gasteiger partial charge in [-0.2, -0.15) is 0 Å². The molecule has 1 heterocycles. The first-order chi connectivity index (χ1) is 40.0. The third kappa shape index (κ3) is 28.0. The lowest BCUT2D eigenvalue weighted by molar-refractivity contribution is -0.144. The maximum absolute atomic E-state index is 14.4. The fourth-order valence-corrected chi connectivity index (χ4v) is 8.89. The van der Waals surface area contributed by atoms with Crippen molar-refractivity contribution in [3.05, 3.63) is 0 Å². The first-order valence-corrected chi connectivity index (χ1v) is 29.1. The lowest BCUT2D eigenvalue weighted by atomic mass is 10.0. The van der Waals surface area contributed by atoms with Crippen molar-refractivity contribution in [3.8, 4) is 0 Å². The second kappa shape index (κ2) is 40.1. The van der Waals surface area contributed by atoms with Gasteiger partial charge in [0.25, 0.3) is 0 Å². The number of carboxylic acids is 1. The van der Waals surface area contributed by atoms with Crippen LogP contribution in [-0.2, 0) is 57.5 Å². The van der Waals surface area contributed by atoms with E-state index >= 15 is 0 Å². The Kier molecular flexibility index (Phi) is 35.7. The van der Waals surface area contributed by atoms with Gasteiger partial charge in [0.15, 0.2) is 5.96 Å². The number of guanidine groups is 1. The molecule has 0 saturated carbocycles. The maximum Gasteiger partial charge on any atom is 0.326 e. The number of primary amides is 1. The minimum atomic E-state index is -1.66. The molecule has 32 nitrogen and oxygen atoms in total. The van der Waals surface area contributed by atoms with Crippen LogP contribution in [0.4, 0.5) is 0 Å². The van der Waals surface area contributed by atoms with Gasteiger partial charge in [-0.15, -0.1) is 0 Å². The Morgan fingerprint density at radius 3 is 1.27 bits per heavy atom. The number of carboxylic acid groups (broad SMARTS) is 1. The topological polar surface area (TPSA) is 551 Å². The summed E-state index contributed by atoms with van der Waals surface area (Å²) in [7, 11) is 0. The predicted molar refractivity (Wildman–Crippen MR) is 313 cm³/mol. The van der Waals surface area contributed by atoms with E-state index < -0.39 is 163 Å². The van der Waals surface area contributed by atoms with Crippen LogP contribution in [0.25, 0.3) is 0 Å². The van der Waals surface area contributed by atoms with Gasteiger partial charge < -0.3 is 103 Å². The SMILES string of the molecule is CC(C)[C@H](NC(=O)[C@H](CO)NC(=O)[C@H](CCCCN)NC(=O)[C@H](CCC(N)=O)NC(=O)[C@H](CCCN=C(N)N)NC(=O)[C@H](CCCCN)NC(=O)[C@H](CCCCN)NC(=O)[C@H](C)NC(=O)[C@@H]1CCCN1C(=O)[C@@H](NC(=O)[C@H](C)N)C(C)C)C(=O)O. The monoisotopic (exact) mass is 1210 g/mol. The highest BCUT2D eigenvalue weighted by Gasteiger charge is 2.40. The summed E-state index contributed by atoms with van der Waals surface area (Å²) in [5, 5.41) is 42.5. The molecule has 1 saturated heterocycles. The summed E-state index contributed by atoms with van der Waals surface area (Å²) in [5.41, 5.74) is 39.5. The number of nitrogens with two attached hydrogens (primary N) is 7. The summed E-state index contributed by atoms with van der Waals surface area (Å²) in [4.78, 5) is 167. The Bertz CT molecular complexity index is 2250. The average Bonchev–Trinajstić information content (AvgIpc) is 4.15. The summed E-state index contributed by atoms with van der Waals surface area (Å²) < 4.78 is 0. The van der Waals surface area contributed by atoms with E-state index in [0.29, 0.717) is 38.5 Å². The zero-order chi connectivity index (χ0) is 64.5. The Morgan fingerprint density at radius 1 is 0.506 bits per heavy atom. The fraction of sp³-hybridized carbons (Fsp3) is 0.755. The number of rotatable bonds is 42. The van der Waals surface area contributed by atoms with Crippen LogP contribution < -0.4 is 88.0 Å². The first kappa shape index (κ1) is 75.7. The molecule has 1 fully saturated rings. The Hall–Kier alpha value is -7.29. The highest BCUT2D eigenvalue weighted by atomic mass is 16.4. The standard InChI is InChI=1S/C53H98N18O14/c1-28(2)40(69-42(74)30(5)57)51(83)71-26-14-19-38(71)50(82)62-31(6)43(75)63-32(15-7-10-22-54)44(76)64-33(16-8-11-23-55)45(77)66-35(18-13-25-61-53(59)60)46(78)67-36(20-21-39(58)73)48(80)65-34(17-9-12-24-56)47(79)68-37(27-72)49(81)70-41(29(3)4)52(84)85/h28-38,40-41,72H,7-27,54-57H2,1-6H3,(H2,58,73)(H,62,82)(H,63,75)(H,64,76)(H,65,80)(H,66,77)(H,67,78)(H,68,79)(H,69,74)(H,70,81)(H,84,85)(H4,59,60,61)/t30-,31-,32-,33-,34-,35-,36-,37-,38-,40-,41-/m0/s1. The summed E-state index contributed by atoms with van der Waals surface area (Å²) in [6.45, 7) is 9.27. The Balaban J connectivity index is 3.56. The normalized spacial score (nSPS) is 16.5. The lowest BCUT2D eigenvalue weighted by Crippen LogP contribution is -2.60. The Morgan fingerprint density at radius 2 is 0.894 bits per heavy atom. The lowest BCUT2D eigenvalue weighted by Gasteiger charge is -2.31. The molecular formula is C53H98N18O14. The van der Waals surface area contributed by atoms with Crippen LogP contribution in [0.15, 0.2) is 4.99 Å². The van der Waals surface area contributed by atoms with E-state index in [0.717, 1.165) is 0 Å². The number of hydrogen-bond acceptors (Lipinski definition) is 18. The number of aliphatic hydroxyl groups is 1. The van der Waals surface area contributed by atoms with Crippen molar-refractivity contribution in [1.82, 2.24) is 52.8 Å². The molecule has 0 spiro atoms. The van der Waals surface area contributed by atoms with E-state index in [9.17, 15) is 67.7 Å². The van der Waals surface area contributed by atoms with E-state index in [2.05, 4.69) is 52.8 Å². The zero-order valence-electron chi connectivity index (χ0n) is 50.1. The molecule has 25 N–H and O–H groups in total. The van der Waals surface area contributed by atoms with Crippen molar-refractivity contribution in [2.75, 3.05) is 39.3 Å². The van der Waals surface area contributed by atoms with Gasteiger partial charge in [0.1, 0.15) is 60.4 Å². The molecule has 0 aromatic heterocycles. The minimum absolute atomic E-state index is 0.0237. The number of aliphatic imine (C=N–C) groups is 1. The van der Waals surface area contributed by atoms with Gasteiger partial charge in [0.2, 0.25) is 65.0 Å². The van der Waals surface area contributed by atoms with Crippen LogP contribution in [0, 0.1) is 11.8 Å². The van der Waals surface area contributed by atoms with Crippen molar-refractivity contribution in [2.45, 2.75) is 204 Å². The van der Waals surface area contributed by atoms with E-state index in [-0.39, 0.29) is 89.5 Å². The van der Waals surface area contributed by atoms with Crippen molar-refractivity contribution in [1.29, 1.82) is 0 Å². The molecule has 0 unspecified atom stereocenters. The van der Waals surface area contributed by atoms with Crippen molar-refractivity contribution >= 4 is 76.9 Å². The van der Waals surface area contributed by atoms with Crippen LogP contribution in [0.5, 0.6) is 0 Å². The summed E-state index contributed by atoms with van der Waals surface area (Å²) in [6.07, 6.45) is 1.78. The van der Waals surface area contributed by atoms with E-state index in [4.69, 9.17) is 40.1 Å². The van der Waals surface area contributed by atoms with Gasteiger partial charge in [-0.05, 0) is 135 Å². The highest BCUT2D eigenvalue weighted by Crippen LogP contribution is 2.21. The average molecular weight is 1210 g/mol. The number of carbonyl (C=O) groups excluding carboxylic acids is 11. The number of nitrogens with one attached hydrogen (secondary N) is 9. The van der Waals surface area contributed by atoms with Gasteiger partial charge in [-0.1, -0.05) is 27.7 Å². The zero-order valence-corrected chi connectivity index (χ0v) is 50.1. The van der Waals surface area contributed by atoms with Crippen LogP contribution in [-0.4, -0.2) is 198 Å². The molecule has 1 aliphatic heterocycles. The summed E-state index contributed by atoms with van der Waals surface area (Å²) in [6, 6.07) is -14.3. The molecular weight excluding hydrogens is 1110 g/mol. The van der Waals surface area contributed by atoms with E-state index in [1.807, 2.05) is 0 Å². The molecule has 11 amide bonds. The van der Waals surface area contributed by atoms with Crippen LogP contribution in [0.2, 0.25) is 0 Å². The molecule has 0 aliphatic carbocycles. The minimum Gasteiger partial charge on any atom is -0.480 e. The molecule has 32 heteroatoms. The molecule has 0 radical (unpaired) electrons. The smallest absolute Gasteiger partial charge is 0.326 e. The molecule has 0 aromatic rings. The van der Waals surface area contributed by atoms with Gasteiger partial charge in [-0.3, -0.25) is 57.7 Å². The molecule has 1 aliphatic rings. The fourth-order valence-electron chi connectivity index (χ4n) is 8.89. The van der Waals surface area contributed by atoms with Gasteiger partial charge in [0, 0.05) is 19.5 Å². The van der Waals surface area contributed by atoms with Crippen molar-refractivity contribution in [3.63, 3.8) is 0 Å². The van der Waals surface area contributed by atoms with Crippen molar-refractivity contribution < 1.29 is 67.7 Å². The summed E-state index contributed by atoms with van der Waals surface area (Å²) >= 11 is 0.